The second kappa shape index (κ2) is 6.49. The third-order valence-electron chi connectivity index (χ3n) is 4.44. The molecule has 0 spiro atoms. The predicted molar refractivity (Wildman–Crippen MR) is 94.9 cm³/mol. The van der Waals surface area contributed by atoms with E-state index < -0.39 is 5.60 Å². The van der Waals surface area contributed by atoms with Gasteiger partial charge in [0.1, 0.15) is 11.4 Å². The van der Waals surface area contributed by atoms with E-state index in [1.807, 2.05) is 50.2 Å². The Hall–Kier alpha value is -2.59. The van der Waals surface area contributed by atoms with Crippen molar-refractivity contribution in [1.29, 1.82) is 0 Å². The summed E-state index contributed by atoms with van der Waals surface area (Å²) in [5.41, 5.74) is 2.18. The van der Waals surface area contributed by atoms with Crippen LogP contribution in [0.2, 0.25) is 0 Å². The molecule has 3 rings (SSSR count). The highest BCUT2D eigenvalue weighted by atomic mass is 16.5. The van der Waals surface area contributed by atoms with Gasteiger partial charge < -0.3 is 14.8 Å². The lowest BCUT2D eigenvalue weighted by atomic mass is 9.79. The molecule has 3 aromatic rings. The minimum atomic E-state index is -1.24. The molecular weight excluding hydrogens is 300 g/mol. The highest BCUT2D eigenvalue weighted by Gasteiger charge is 2.39. The number of aromatic amines is 1. The first-order valence-corrected chi connectivity index (χ1v) is 8.03. The van der Waals surface area contributed by atoms with Crippen LogP contribution in [0.25, 0.3) is 11.1 Å². The number of benzene rings is 2. The topological polar surface area (TPSA) is 58.1 Å². The Kier molecular flexibility index (Phi) is 4.40. The van der Waals surface area contributed by atoms with Crippen molar-refractivity contribution in [3.8, 4) is 16.9 Å². The Labute approximate surface area is 142 Å². The predicted octanol–water partition coefficient (Wildman–Crippen LogP) is 3.98. The third-order valence-corrected chi connectivity index (χ3v) is 4.44. The molecule has 0 fully saturated rings. The highest BCUT2D eigenvalue weighted by molar-refractivity contribution is 5.66. The largest absolute Gasteiger partial charge is 0.496 e. The Morgan fingerprint density at radius 1 is 1.08 bits per heavy atom. The summed E-state index contributed by atoms with van der Waals surface area (Å²) >= 11 is 0. The van der Waals surface area contributed by atoms with Crippen LogP contribution in [0.3, 0.4) is 0 Å². The zero-order valence-electron chi connectivity index (χ0n) is 14.2. The number of hydrogen-bond acceptors (Lipinski definition) is 3. The number of H-pyrrole nitrogens is 1. The van der Waals surface area contributed by atoms with Gasteiger partial charge in [0.15, 0.2) is 0 Å². The van der Waals surface area contributed by atoms with Crippen LogP contribution in [0.5, 0.6) is 5.75 Å². The first-order valence-electron chi connectivity index (χ1n) is 8.03. The lowest BCUT2D eigenvalue weighted by Crippen LogP contribution is -2.34. The molecule has 1 unspecified atom stereocenters. The van der Waals surface area contributed by atoms with Crippen molar-refractivity contribution < 1.29 is 9.84 Å². The Morgan fingerprint density at radius 2 is 1.83 bits per heavy atom. The molecule has 1 aromatic heterocycles. The van der Waals surface area contributed by atoms with Gasteiger partial charge in [0, 0.05) is 11.8 Å². The van der Waals surface area contributed by atoms with Gasteiger partial charge in [-0.1, -0.05) is 50.2 Å². The van der Waals surface area contributed by atoms with E-state index in [0.29, 0.717) is 17.0 Å². The third kappa shape index (κ3) is 2.69. The second-order valence-corrected chi connectivity index (χ2v) is 6.16. The first-order chi connectivity index (χ1) is 11.6. The van der Waals surface area contributed by atoms with Gasteiger partial charge in [-0.25, -0.2) is 4.98 Å². The number of nitrogens with zero attached hydrogens (tertiary/aromatic N) is 1. The number of imidazole rings is 1. The molecule has 0 bridgehead atoms. The van der Waals surface area contributed by atoms with E-state index in [-0.39, 0.29) is 5.92 Å². The highest BCUT2D eigenvalue weighted by Crippen LogP contribution is 2.42. The molecule has 1 heterocycles. The van der Waals surface area contributed by atoms with Crippen LogP contribution in [0, 0.1) is 5.92 Å². The van der Waals surface area contributed by atoms with Gasteiger partial charge in [0.2, 0.25) is 0 Å². The van der Waals surface area contributed by atoms with Crippen molar-refractivity contribution in [3.05, 3.63) is 72.3 Å². The minimum absolute atomic E-state index is 0.0827. The van der Waals surface area contributed by atoms with E-state index in [1.54, 1.807) is 19.6 Å². The first kappa shape index (κ1) is 16.3. The number of aromatic nitrogens is 2. The number of ether oxygens (including phenoxy) is 1. The fourth-order valence-corrected chi connectivity index (χ4v) is 3.03. The average Bonchev–Trinajstić information content (AvgIpc) is 3.16. The van der Waals surface area contributed by atoms with Gasteiger partial charge in [0.05, 0.1) is 19.1 Å². The number of aliphatic hydroxyl groups is 1. The van der Waals surface area contributed by atoms with E-state index in [1.165, 1.54) is 0 Å². The molecule has 124 valence electrons. The van der Waals surface area contributed by atoms with Crippen LogP contribution in [-0.2, 0) is 5.60 Å². The lowest BCUT2D eigenvalue weighted by molar-refractivity contribution is 0.0257. The molecular formula is C20H22N2O2. The molecule has 4 heteroatoms. The Morgan fingerprint density at radius 3 is 2.42 bits per heavy atom. The van der Waals surface area contributed by atoms with Crippen LogP contribution < -0.4 is 4.74 Å². The molecule has 0 radical (unpaired) electrons. The van der Waals surface area contributed by atoms with Crippen LogP contribution in [0.1, 0.15) is 25.1 Å². The summed E-state index contributed by atoms with van der Waals surface area (Å²) in [5.74, 6) is 0.564. The van der Waals surface area contributed by atoms with Crippen LogP contribution in [0.15, 0.2) is 61.1 Å². The lowest BCUT2D eigenvalue weighted by Gasteiger charge is -2.32. The second-order valence-electron chi connectivity index (χ2n) is 6.16. The van der Waals surface area contributed by atoms with Crippen molar-refractivity contribution in [2.75, 3.05) is 7.11 Å². The SMILES string of the molecule is COc1ccc(-c2ccccc2)cc1C(O)(c1c[nH]cn1)C(C)C. The zero-order valence-corrected chi connectivity index (χ0v) is 14.2. The normalized spacial score (nSPS) is 13.7. The van der Waals surface area contributed by atoms with Gasteiger partial charge in [-0.2, -0.15) is 0 Å². The van der Waals surface area contributed by atoms with E-state index >= 15 is 0 Å². The maximum absolute atomic E-state index is 11.5. The smallest absolute Gasteiger partial charge is 0.139 e. The maximum atomic E-state index is 11.5. The van der Waals surface area contributed by atoms with E-state index in [4.69, 9.17) is 4.74 Å². The molecule has 0 amide bonds. The van der Waals surface area contributed by atoms with Crippen LogP contribution >= 0.6 is 0 Å². The quantitative estimate of drug-likeness (QED) is 0.747. The Balaban J connectivity index is 2.21. The van der Waals surface area contributed by atoms with Crippen molar-refractivity contribution >= 4 is 0 Å². The molecule has 2 aromatic carbocycles. The van der Waals surface area contributed by atoms with E-state index in [0.717, 1.165) is 11.1 Å². The van der Waals surface area contributed by atoms with Gasteiger partial charge in [-0.3, -0.25) is 0 Å². The number of hydrogen-bond donors (Lipinski definition) is 2. The van der Waals surface area contributed by atoms with Crippen LogP contribution in [0.4, 0.5) is 0 Å². The average molecular weight is 322 g/mol. The monoisotopic (exact) mass is 322 g/mol. The minimum Gasteiger partial charge on any atom is -0.496 e. The summed E-state index contributed by atoms with van der Waals surface area (Å²) in [7, 11) is 1.62. The molecule has 1 atom stereocenters. The van der Waals surface area contributed by atoms with Crippen molar-refractivity contribution in [3.63, 3.8) is 0 Å². The van der Waals surface area contributed by atoms with Crippen molar-refractivity contribution in [2.45, 2.75) is 19.4 Å². The fourth-order valence-electron chi connectivity index (χ4n) is 3.03. The fraction of sp³-hybridized carbons (Fsp3) is 0.250. The Bertz CT molecular complexity index is 798. The van der Waals surface area contributed by atoms with Gasteiger partial charge in [0.25, 0.3) is 0 Å². The summed E-state index contributed by atoms with van der Waals surface area (Å²) in [4.78, 5) is 7.23. The summed E-state index contributed by atoms with van der Waals surface area (Å²) in [5, 5.41) is 11.5. The van der Waals surface area contributed by atoms with Gasteiger partial charge in [-0.15, -0.1) is 0 Å². The van der Waals surface area contributed by atoms with Crippen molar-refractivity contribution in [1.82, 2.24) is 9.97 Å². The van der Waals surface area contributed by atoms with Crippen molar-refractivity contribution in [2.24, 2.45) is 5.92 Å². The molecule has 0 aliphatic rings. The molecule has 0 saturated carbocycles. The summed E-state index contributed by atoms with van der Waals surface area (Å²) in [6.45, 7) is 3.95. The van der Waals surface area contributed by atoms with Gasteiger partial charge in [-0.05, 0) is 29.2 Å². The summed E-state index contributed by atoms with van der Waals surface area (Å²) in [6, 6.07) is 16.0. The van der Waals surface area contributed by atoms with Crippen LogP contribution in [-0.4, -0.2) is 22.2 Å². The number of methoxy groups -OCH3 is 1. The maximum Gasteiger partial charge on any atom is 0.139 e. The molecule has 24 heavy (non-hydrogen) atoms. The molecule has 4 nitrogen and oxygen atoms in total. The zero-order chi connectivity index (χ0) is 17.2. The van der Waals surface area contributed by atoms with E-state index in [2.05, 4.69) is 22.1 Å². The number of nitrogens with one attached hydrogen (secondary N) is 1. The number of rotatable bonds is 5. The molecule has 2 N–H and O–H groups in total. The van der Waals surface area contributed by atoms with Gasteiger partial charge >= 0.3 is 0 Å². The molecule has 0 saturated heterocycles. The standard InChI is InChI=1S/C20H22N2O2/c1-14(2)20(23,19-12-21-13-22-19)17-11-16(9-10-18(17)24-3)15-7-5-4-6-8-15/h4-14,23H,1-3H3,(H,21,22). The van der Waals surface area contributed by atoms with E-state index in [9.17, 15) is 5.11 Å². The summed E-state index contributed by atoms with van der Waals surface area (Å²) in [6.07, 6.45) is 3.31. The molecule has 0 aliphatic heterocycles. The summed E-state index contributed by atoms with van der Waals surface area (Å²) < 4.78 is 5.53. The molecule has 0 aliphatic carbocycles.